The van der Waals surface area contributed by atoms with Crippen LogP contribution in [-0.2, 0) is 9.84 Å². The van der Waals surface area contributed by atoms with Crippen molar-refractivity contribution in [2.75, 3.05) is 19.4 Å². The van der Waals surface area contributed by atoms with Crippen molar-refractivity contribution < 1.29 is 18.3 Å². The molecule has 118 valence electrons. The molecule has 0 heterocycles. The van der Waals surface area contributed by atoms with Crippen LogP contribution in [0.25, 0.3) is 0 Å². The molecule has 21 heavy (non-hydrogen) atoms. The average Bonchev–Trinajstić information content (AvgIpc) is 2.81. The van der Waals surface area contributed by atoms with Crippen LogP contribution >= 0.6 is 0 Å². The first-order valence-electron chi connectivity index (χ1n) is 7.20. The molecule has 0 amide bonds. The molecule has 0 spiro atoms. The third-order valence-electron chi connectivity index (χ3n) is 4.26. The van der Waals surface area contributed by atoms with E-state index in [0.717, 1.165) is 25.7 Å². The van der Waals surface area contributed by atoms with Gasteiger partial charge in [0.1, 0.15) is 5.75 Å². The Morgan fingerprint density at radius 1 is 1.38 bits per heavy atom. The van der Waals surface area contributed by atoms with Crippen LogP contribution in [0.3, 0.4) is 0 Å². The minimum atomic E-state index is -3.17. The van der Waals surface area contributed by atoms with Crippen LogP contribution in [0.2, 0.25) is 0 Å². The second-order valence-corrected chi connectivity index (χ2v) is 7.79. The quantitative estimate of drug-likeness (QED) is 0.827. The second kappa shape index (κ2) is 6.34. The highest BCUT2D eigenvalue weighted by atomic mass is 32.2. The Morgan fingerprint density at radius 3 is 2.62 bits per heavy atom. The monoisotopic (exact) mass is 313 g/mol. The minimum Gasteiger partial charge on any atom is -0.494 e. The molecule has 2 rings (SSSR count). The fourth-order valence-electron chi connectivity index (χ4n) is 2.91. The molecule has 1 aromatic carbocycles. The number of benzene rings is 1. The third-order valence-corrected chi connectivity index (χ3v) is 5.39. The lowest BCUT2D eigenvalue weighted by Gasteiger charge is -2.28. The Kier molecular flexibility index (Phi) is 4.91. The molecule has 0 bridgehead atoms. The Morgan fingerprint density at radius 2 is 2.05 bits per heavy atom. The van der Waals surface area contributed by atoms with Gasteiger partial charge in [-0.2, -0.15) is 0 Å². The van der Waals surface area contributed by atoms with Crippen LogP contribution in [0.15, 0.2) is 29.2 Å². The zero-order valence-corrected chi connectivity index (χ0v) is 13.1. The molecule has 2 atom stereocenters. The van der Waals surface area contributed by atoms with E-state index in [0.29, 0.717) is 18.9 Å². The number of nitrogens with two attached hydrogens (primary N) is 1. The van der Waals surface area contributed by atoms with E-state index in [-0.39, 0.29) is 10.8 Å². The molecule has 1 fully saturated rings. The van der Waals surface area contributed by atoms with Gasteiger partial charge in [-0.1, -0.05) is 6.42 Å². The maximum absolute atomic E-state index is 11.4. The maximum atomic E-state index is 11.4. The van der Waals surface area contributed by atoms with Gasteiger partial charge in [0.05, 0.1) is 17.1 Å². The standard InChI is InChI=1S/C15H23NO4S/c1-21(18,19)14-6-4-13(5-7-14)20-10-8-12-3-2-9-15(12,17)11-16/h4-7,12,17H,2-3,8-11,16H2,1H3. The van der Waals surface area contributed by atoms with E-state index in [2.05, 4.69) is 0 Å². The lowest BCUT2D eigenvalue weighted by Crippen LogP contribution is -2.41. The molecule has 1 aliphatic rings. The van der Waals surface area contributed by atoms with Gasteiger partial charge in [0, 0.05) is 12.8 Å². The molecule has 0 aromatic heterocycles. The summed E-state index contributed by atoms with van der Waals surface area (Å²) in [5.41, 5.74) is 4.90. The summed E-state index contributed by atoms with van der Waals surface area (Å²) in [4.78, 5) is 0.281. The Labute approximate surface area is 126 Å². The van der Waals surface area contributed by atoms with Gasteiger partial charge in [0.15, 0.2) is 9.84 Å². The van der Waals surface area contributed by atoms with Crippen LogP contribution in [0.1, 0.15) is 25.7 Å². The normalized spacial score (nSPS) is 26.0. The summed E-state index contributed by atoms with van der Waals surface area (Å²) in [6.45, 7) is 0.784. The highest BCUT2D eigenvalue weighted by molar-refractivity contribution is 7.90. The summed E-state index contributed by atoms with van der Waals surface area (Å²) in [6.07, 6.45) is 4.67. The summed E-state index contributed by atoms with van der Waals surface area (Å²) in [6, 6.07) is 6.38. The van der Waals surface area contributed by atoms with Crippen LogP contribution in [0, 0.1) is 5.92 Å². The van der Waals surface area contributed by atoms with E-state index >= 15 is 0 Å². The molecule has 0 radical (unpaired) electrons. The molecule has 1 aromatic rings. The Bertz CT molecular complexity index is 570. The van der Waals surface area contributed by atoms with Crippen molar-refractivity contribution >= 4 is 9.84 Å². The lowest BCUT2D eigenvalue weighted by molar-refractivity contribution is 0.00354. The highest BCUT2D eigenvalue weighted by Crippen LogP contribution is 2.37. The number of hydrogen-bond donors (Lipinski definition) is 2. The number of ether oxygens (including phenoxy) is 1. The van der Waals surface area contributed by atoms with Gasteiger partial charge in [-0.05, 0) is 49.4 Å². The summed E-state index contributed by atoms with van der Waals surface area (Å²) in [5.74, 6) is 0.814. The van der Waals surface area contributed by atoms with Gasteiger partial charge in [-0.15, -0.1) is 0 Å². The van der Waals surface area contributed by atoms with Crippen LogP contribution in [-0.4, -0.2) is 38.5 Å². The molecular formula is C15H23NO4S. The van der Waals surface area contributed by atoms with E-state index < -0.39 is 15.4 Å². The number of hydrogen-bond acceptors (Lipinski definition) is 5. The van der Waals surface area contributed by atoms with E-state index in [1.807, 2.05) is 0 Å². The lowest BCUT2D eigenvalue weighted by atomic mass is 9.88. The molecule has 1 saturated carbocycles. The molecule has 0 aliphatic heterocycles. The first-order valence-corrected chi connectivity index (χ1v) is 9.10. The van der Waals surface area contributed by atoms with Gasteiger partial charge in [-0.25, -0.2) is 8.42 Å². The van der Waals surface area contributed by atoms with Crippen molar-refractivity contribution in [3.63, 3.8) is 0 Å². The summed E-state index contributed by atoms with van der Waals surface area (Å²) in [5, 5.41) is 10.3. The Balaban J connectivity index is 1.87. The zero-order chi connectivity index (χ0) is 15.5. The Hall–Kier alpha value is -1.11. The van der Waals surface area contributed by atoms with Gasteiger partial charge >= 0.3 is 0 Å². The van der Waals surface area contributed by atoms with Crippen LogP contribution < -0.4 is 10.5 Å². The molecular weight excluding hydrogens is 290 g/mol. The van der Waals surface area contributed by atoms with Crippen molar-refractivity contribution in [1.82, 2.24) is 0 Å². The molecule has 2 unspecified atom stereocenters. The third kappa shape index (κ3) is 3.96. The minimum absolute atomic E-state index is 0.179. The fourth-order valence-corrected chi connectivity index (χ4v) is 3.54. The maximum Gasteiger partial charge on any atom is 0.175 e. The topological polar surface area (TPSA) is 89.6 Å². The van der Waals surface area contributed by atoms with E-state index in [9.17, 15) is 13.5 Å². The zero-order valence-electron chi connectivity index (χ0n) is 12.3. The van der Waals surface area contributed by atoms with E-state index in [1.165, 1.54) is 18.4 Å². The molecule has 5 nitrogen and oxygen atoms in total. The van der Waals surface area contributed by atoms with E-state index in [1.54, 1.807) is 12.1 Å². The van der Waals surface area contributed by atoms with Crippen molar-refractivity contribution in [1.29, 1.82) is 0 Å². The average molecular weight is 313 g/mol. The van der Waals surface area contributed by atoms with E-state index in [4.69, 9.17) is 10.5 Å². The molecule has 3 N–H and O–H groups in total. The number of rotatable bonds is 6. The van der Waals surface area contributed by atoms with Crippen LogP contribution in [0.4, 0.5) is 0 Å². The second-order valence-electron chi connectivity index (χ2n) is 5.78. The largest absolute Gasteiger partial charge is 0.494 e. The van der Waals surface area contributed by atoms with Crippen molar-refractivity contribution in [2.24, 2.45) is 11.7 Å². The van der Waals surface area contributed by atoms with Crippen molar-refractivity contribution in [2.45, 2.75) is 36.2 Å². The molecule has 0 saturated heterocycles. The van der Waals surface area contributed by atoms with Gasteiger partial charge < -0.3 is 15.6 Å². The summed E-state index contributed by atoms with van der Waals surface area (Å²) >= 11 is 0. The highest BCUT2D eigenvalue weighted by Gasteiger charge is 2.39. The predicted molar refractivity (Wildman–Crippen MR) is 81.0 cm³/mol. The smallest absolute Gasteiger partial charge is 0.175 e. The van der Waals surface area contributed by atoms with Crippen molar-refractivity contribution in [3.05, 3.63) is 24.3 Å². The van der Waals surface area contributed by atoms with Crippen LogP contribution in [0.5, 0.6) is 5.75 Å². The number of sulfone groups is 1. The summed E-state index contributed by atoms with van der Waals surface area (Å²) in [7, 11) is -3.17. The number of aliphatic hydroxyl groups is 1. The molecule has 6 heteroatoms. The van der Waals surface area contributed by atoms with Gasteiger partial charge in [0.25, 0.3) is 0 Å². The predicted octanol–water partition coefficient (Wildman–Crippen LogP) is 1.35. The SMILES string of the molecule is CS(=O)(=O)c1ccc(OCCC2CCCC2(O)CN)cc1. The first kappa shape index (κ1) is 16.3. The summed E-state index contributed by atoms with van der Waals surface area (Å²) < 4.78 is 28.3. The molecule has 1 aliphatic carbocycles. The first-order chi connectivity index (χ1) is 9.85. The fraction of sp³-hybridized carbons (Fsp3) is 0.600. The van der Waals surface area contributed by atoms with Gasteiger partial charge in [0.2, 0.25) is 0 Å². The van der Waals surface area contributed by atoms with Crippen molar-refractivity contribution in [3.8, 4) is 5.75 Å². The van der Waals surface area contributed by atoms with Gasteiger partial charge in [-0.3, -0.25) is 0 Å².